The van der Waals surface area contributed by atoms with E-state index in [1.54, 1.807) is 20.8 Å². The molecule has 1 amide bonds. The van der Waals surface area contributed by atoms with Crippen LogP contribution in [0.25, 0.3) is 0 Å². The van der Waals surface area contributed by atoms with Gasteiger partial charge in [-0.25, -0.2) is 13.1 Å². The molecule has 2 N–H and O–H groups in total. The quantitative estimate of drug-likeness (QED) is 0.844. The fourth-order valence-corrected chi connectivity index (χ4v) is 3.43. The standard InChI is InChI=1S/C16H26N2O3S/c1-6-13(7-2)17-15(19)12-8-10-14(11-9-12)22(20,21)18-16(3,4)5/h8-11,13,18H,6-7H2,1-5H3,(H,17,19). The Morgan fingerprint density at radius 3 is 2.00 bits per heavy atom. The lowest BCUT2D eigenvalue weighted by Crippen LogP contribution is -2.40. The van der Waals surface area contributed by atoms with Gasteiger partial charge < -0.3 is 5.32 Å². The average molecular weight is 326 g/mol. The summed E-state index contributed by atoms with van der Waals surface area (Å²) in [5, 5.41) is 2.93. The first-order valence-corrected chi connectivity index (χ1v) is 9.02. The van der Waals surface area contributed by atoms with E-state index >= 15 is 0 Å². The Balaban J connectivity index is 2.89. The van der Waals surface area contributed by atoms with Gasteiger partial charge in [-0.05, 0) is 57.9 Å². The second-order valence-corrected chi connectivity index (χ2v) is 8.05. The molecule has 0 fully saturated rings. The molecule has 0 heterocycles. The van der Waals surface area contributed by atoms with Crippen molar-refractivity contribution in [2.24, 2.45) is 0 Å². The molecule has 0 aromatic heterocycles. The van der Waals surface area contributed by atoms with Gasteiger partial charge in [0.15, 0.2) is 0 Å². The number of sulfonamides is 1. The highest BCUT2D eigenvalue weighted by Crippen LogP contribution is 2.14. The minimum Gasteiger partial charge on any atom is -0.349 e. The maximum absolute atomic E-state index is 12.2. The van der Waals surface area contributed by atoms with Crippen molar-refractivity contribution >= 4 is 15.9 Å². The van der Waals surface area contributed by atoms with Crippen LogP contribution in [0.5, 0.6) is 0 Å². The van der Waals surface area contributed by atoms with E-state index in [2.05, 4.69) is 10.0 Å². The topological polar surface area (TPSA) is 75.3 Å². The molecule has 0 bridgehead atoms. The van der Waals surface area contributed by atoms with Crippen molar-refractivity contribution in [2.45, 2.75) is 63.9 Å². The maximum atomic E-state index is 12.2. The zero-order valence-corrected chi connectivity index (χ0v) is 14.8. The molecule has 0 radical (unpaired) electrons. The first-order chi connectivity index (χ1) is 10.1. The number of hydrogen-bond donors (Lipinski definition) is 2. The molecule has 1 aromatic carbocycles. The molecular weight excluding hydrogens is 300 g/mol. The predicted molar refractivity (Wildman–Crippen MR) is 88.4 cm³/mol. The Morgan fingerprint density at radius 2 is 1.59 bits per heavy atom. The molecule has 0 saturated heterocycles. The largest absolute Gasteiger partial charge is 0.349 e. The monoisotopic (exact) mass is 326 g/mol. The molecular formula is C16H26N2O3S. The summed E-state index contributed by atoms with van der Waals surface area (Å²) in [6, 6.07) is 6.12. The Hall–Kier alpha value is -1.40. The van der Waals surface area contributed by atoms with Crippen molar-refractivity contribution in [3.63, 3.8) is 0 Å². The van der Waals surface area contributed by atoms with Gasteiger partial charge in [-0.3, -0.25) is 4.79 Å². The van der Waals surface area contributed by atoms with Gasteiger partial charge in [-0.1, -0.05) is 13.8 Å². The maximum Gasteiger partial charge on any atom is 0.251 e. The van der Waals surface area contributed by atoms with Crippen molar-refractivity contribution in [3.05, 3.63) is 29.8 Å². The number of carbonyl (C=O) groups is 1. The number of nitrogens with one attached hydrogen (secondary N) is 2. The van der Waals surface area contributed by atoms with Gasteiger partial charge in [-0.2, -0.15) is 0 Å². The SMILES string of the molecule is CCC(CC)NC(=O)c1ccc(S(=O)(=O)NC(C)(C)C)cc1. The number of benzene rings is 1. The fourth-order valence-electron chi connectivity index (χ4n) is 2.01. The second-order valence-electron chi connectivity index (χ2n) is 6.37. The van der Waals surface area contributed by atoms with Crippen LogP contribution in [0, 0.1) is 0 Å². The van der Waals surface area contributed by atoms with Crippen LogP contribution in [0.3, 0.4) is 0 Å². The number of rotatable bonds is 6. The van der Waals surface area contributed by atoms with E-state index in [0.29, 0.717) is 5.56 Å². The highest BCUT2D eigenvalue weighted by atomic mass is 32.2. The minimum atomic E-state index is -3.57. The van der Waals surface area contributed by atoms with E-state index < -0.39 is 15.6 Å². The van der Waals surface area contributed by atoms with Gasteiger partial charge >= 0.3 is 0 Å². The third kappa shape index (κ3) is 5.42. The predicted octanol–water partition coefficient (Wildman–Crippen LogP) is 2.68. The Morgan fingerprint density at radius 1 is 1.09 bits per heavy atom. The van der Waals surface area contributed by atoms with Crippen molar-refractivity contribution < 1.29 is 13.2 Å². The molecule has 0 saturated carbocycles. The van der Waals surface area contributed by atoms with Crippen LogP contribution in [0.2, 0.25) is 0 Å². The van der Waals surface area contributed by atoms with E-state index in [9.17, 15) is 13.2 Å². The van der Waals surface area contributed by atoms with Crippen molar-refractivity contribution in [2.75, 3.05) is 0 Å². The van der Waals surface area contributed by atoms with E-state index in [4.69, 9.17) is 0 Å². The van der Waals surface area contributed by atoms with Crippen LogP contribution in [-0.4, -0.2) is 25.9 Å². The number of amides is 1. The molecule has 0 aliphatic heterocycles. The number of hydrogen-bond acceptors (Lipinski definition) is 3. The Kier molecular flexibility index (Phi) is 6.14. The van der Waals surface area contributed by atoms with Crippen LogP contribution in [-0.2, 0) is 10.0 Å². The Labute approximate surface area is 133 Å². The molecule has 124 valence electrons. The zero-order chi connectivity index (χ0) is 17.0. The molecule has 0 unspecified atom stereocenters. The molecule has 22 heavy (non-hydrogen) atoms. The lowest BCUT2D eigenvalue weighted by molar-refractivity contribution is 0.0934. The van der Waals surface area contributed by atoms with Crippen LogP contribution in [0.4, 0.5) is 0 Å². The summed E-state index contributed by atoms with van der Waals surface area (Å²) < 4.78 is 27.0. The smallest absolute Gasteiger partial charge is 0.251 e. The van der Waals surface area contributed by atoms with Crippen LogP contribution in [0.1, 0.15) is 57.8 Å². The van der Waals surface area contributed by atoms with Crippen LogP contribution < -0.4 is 10.0 Å². The molecule has 1 aromatic rings. The fraction of sp³-hybridized carbons (Fsp3) is 0.562. The lowest BCUT2D eigenvalue weighted by atomic mass is 10.1. The average Bonchev–Trinajstić information content (AvgIpc) is 2.42. The highest BCUT2D eigenvalue weighted by Gasteiger charge is 2.22. The molecule has 0 atom stereocenters. The first kappa shape index (κ1) is 18.6. The molecule has 1 rings (SSSR count). The summed E-state index contributed by atoms with van der Waals surface area (Å²) in [5.74, 6) is -0.179. The summed E-state index contributed by atoms with van der Waals surface area (Å²) in [6.45, 7) is 9.37. The zero-order valence-electron chi connectivity index (χ0n) is 13.9. The molecule has 0 spiro atoms. The first-order valence-electron chi connectivity index (χ1n) is 7.54. The van der Waals surface area contributed by atoms with Crippen molar-refractivity contribution in [1.82, 2.24) is 10.0 Å². The van der Waals surface area contributed by atoms with E-state index in [1.807, 2.05) is 13.8 Å². The van der Waals surface area contributed by atoms with Gasteiger partial charge in [0.1, 0.15) is 0 Å². The van der Waals surface area contributed by atoms with Crippen LogP contribution >= 0.6 is 0 Å². The lowest BCUT2D eigenvalue weighted by Gasteiger charge is -2.20. The molecule has 5 nitrogen and oxygen atoms in total. The summed E-state index contributed by atoms with van der Waals surface area (Å²) >= 11 is 0. The van der Waals surface area contributed by atoms with Crippen molar-refractivity contribution in [3.8, 4) is 0 Å². The van der Waals surface area contributed by atoms with Gasteiger partial charge in [0.25, 0.3) is 5.91 Å². The Bertz CT molecular complexity index is 597. The molecule has 0 aliphatic rings. The molecule has 0 aliphatic carbocycles. The van der Waals surface area contributed by atoms with Gasteiger partial charge in [0.05, 0.1) is 4.90 Å². The molecule has 6 heteroatoms. The van der Waals surface area contributed by atoms with E-state index in [-0.39, 0.29) is 16.8 Å². The van der Waals surface area contributed by atoms with E-state index in [1.165, 1.54) is 24.3 Å². The normalized spacial score (nSPS) is 12.5. The highest BCUT2D eigenvalue weighted by molar-refractivity contribution is 7.89. The third-order valence-corrected chi connectivity index (χ3v) is 4.96. The van der Waals surface area contributed by atoms with Crippen LogP contribution in [0.15, 0.2) is 29.2 Å². The number of carbonyl (C=O) groups excluding carboxylic acids is 1. The summed E-state index contributed by atoms with van der Waals surface area (Å²) in [4.78, 5) is 12.2. The van der Waals surface area contributed by atoms with Gasteiger partial charge in [0.2, 0.25) is 10.0 Å². The minimum absolute atomic E-state index is 0.137. The summed E-state index contributed by atoms with van der Waals surface area (Å²) in [7, 11) is -3.57. The van der Waals surface area contributed by atoms with Crippen molar-refractivity contribution in [1.29, 1.82) is 0 Å². The van der Waals surface area contributed by atoms with E-state index in [0.717, 1.165) is 12.8 Å². The van der Waals surface area contributed by atoms with Gasteiger partial charge in [-0.15, -0.1) is 0 Å². The second kappa shape index (κ2) is 7.24. The van der Waals surface area contributed by atoms with Gasteiger partial charge in [0, 0.05) is 17.1 Å². The summed E-state index contributed by atoms with van der Waals surface area (Å²) in [6.07, 6.45) is 1.73. The third-order valence-electron chi connectivity index (χ3n) is 3.19. The summed E-state index contributed by atoms with van der Waals surface area (Å²) in [5.41, 5.74) is -0.0914.